The molecule has 0 unspecified atom stereocenters. The zero-order chi connectivity index (χ0) is 16.8. The number of nitrogens with one attached hydrogen (secondary N) is 1. The first kappa shape index (κ1) is 16.0. The molecule has 0 bridgehead atoms. The number of benzene rings is 2. The molecule has 0 heterocycles. The zero-order valence-electron chi connectivity index (χ0n) is 12.4. The summed E-state index contributed by atoms with van der Waals surface area (Å²) in [5.74, 6) is -0.429. The summed E-state index contributed by atoms with van der Waals surface area (Å²) in [5.41, 5.74) is 6.50. The summed E-state index contributed by atoms with van der Waals surface area (Å²) >= 11 is 0. The molecule has 2 rings (SSSR count). The molecule has 2 aromatic carbocycles. The van der Waals surface area contributed by atoms with Crippen molar-refractivity contribution in [3.05, 3.63) is 59.7 Å². The average molecular weight is 309 g/mol. The fraction of sp³-hybridized carbons (Fsp3) is 0.118. The molecule has 6 nitrogen and oxygen atoms in total. The van der Waals surface area contributed by atoms with Gasteiger partial charge in [-0.05, 0) is 49.4 Å². The van der Waals surface area contributed by atoms with Crippen LogP contribution in [-0.2, 0) is 4.79 Å². The van der Waals surface area contributed by atoms with Gasteiger partial charge in [0, 0.05) is 11.3 Å². The van der Waals surface area contributed by atoms with Gasteiger partial charge in [0.2, 0.25) is 5.91 Å². The van der Waals surface area contributed by atoms with E-state index in [0.29, 0.717) is 22.6 Å². The number of carbonyl (C=O) groups is 2. The summed E-state index contributed by atoms with van der Waals surface area (Å²) in [5, 5.41) is 11.5. The van der Waals surface area contributed by atoms with Crippen molar-refractivity contribution in [2.75, 3.05) is 5.32 Å². The largest absolute Gasteiger partial charge is 0.481 e. The molecule has 6 heteroatoms. The monoisotopic (exact) mass is 309 g/mol. The molecule has 2 aromatic rings. The lowest BCUT2D eigenvalue weighted by atomic mass is 10.2. The van der Waals surface area contributed by atoms with Crippen molar-refractivity contribution < 1.29 is 14.3 Å². The number of nitriles is 1. The van der Waals surface area contributed by atoms with Crippen molar-refractivity contribution in [3.8, 4) is 11.8 Å². The van der Waals surface area contributed by atoms with Crippen LogP contribution < -0.4 is 15.8 Å². The van der Waals surface area contributed by atoms with E-state index in [-0.39, 0.29) is 5.91 Å². The number of rotatable bonds is 5. The molecule has 0 saturated heterocycles. The topological polar surface area (TPSA) is 105 Å². The standard InChI is InChI=1S/C17H15N3O3/c1-11(23-15-7-5-13(6-8-15)16(19)21)17(22)20-14-4-2-3-12(9-14)10-18/h2-9,11H,1H3,(H2,19,21)(H,20,22)/t11-/m1/s1. The van der Waals surface area contributed by atoms with Crippen molar-refractivity contribution in [1.82, 2.24) is 0 Å². The fourth-order valence-electron chi connectivity index (χ4n) is 1.87. The van der Waals surface area contributed by atoms with Crippen LogP contribution in [-0.4, -0.2) is 17.9 Å². The Morgan fingerprint density at radius 3 is 2.52 bits per heavy atom. The lowest BCUT2D eigenvalue weighted by Crippen LogP contribution is -2.30. The van der Waals surface area contributed by atoms with E-state index in [1.54, 1.807) is 43.3 Å². The molecule has 3 N–H and O–H groups in total. The first-order valence-electron chi connectivity index (χ1n) is 6.87. The molecule has 116 valence electrons. The van der Waals surface area contributed by atoms with Crippen LogP contribution in [0.1, 0.15) is 22.8 Å². The molecule has 0 aliphatic carbocycles. The summed E-state index contributed by atoms with van der Waals surface area (Å²) in [4.78, 5) is 23.1. The first-order chi connectivity index (χ1) is 11.0. The number of primary amides is 1. The van der Waals surface area contributed by atoms with E-state index in [4.69, 9.17) is 15.7 Å². The van der Waals surface area contributed by atoms with Gasteiger partial charge >= 0.3 is 0 Å². The summed E-state index contributed by atoms with van der Waals surface area (Å²) < 4.78 is 5.51. The molecular weight excluding hydrogens is 294 g/mol. The third-order valence-electron chi connectivity index (χ3n) is 3.08. The molecule has 0 aliphatic heterocycles. The highest BCUT2D eigenvalue weighted by molar-refractivity contribution is 5.94. The third kappa shape index (κ3) is 4.32. The lowest BCUT2D eigenvalue weighted by molar-refractivity contribution is -0.122. The van der Waals surface area contributed by atoms with Crippen molar-refractivity contribution in [1.29, 1.82) is 5.26 Å². The molecule has 0 saturated carbocycles. The normalized spacial score (nSPS) is 11.1. The second-order valence-corrected chi connectivity index (χ2v) is 4.83. The van der Waals surface area contributed by atoms with E-state index < -0.39 is 12.0 Å². The smallest absolute Gasteiger partial charge is 0.265 e. The number of nitrogens with zero attached hydrogens (tertiary/aromatic N) is 1. The number of carbonyl (C=O) groups excluding carboxylic acids is 2. The van der Waals surface area contributed by atoms with Gasteiger partial charge in [-0.3, -0.25) is 9.59 Å². The van der Waals surface area contributed by atoms with Gasteiger partial charge in [0.25, 0.3) is 5.91 Å². The number of hydrogen-bond acceptors (Lipinski definition) is 4. The molecule has 0 spiro atoms. The van der Waals surface area contributed by atoms with Crippen LogP contribution in [0, 0.1) is 11.3 Å². The van der Waals surface area contributed by atoms with Crippen LogP contribution >= 0.6 is 0 Å². The van der Waals surface area contributed by atoms with E-state index in [0.717, 1.165) is 0 Å². The number of nitrogens with two attached hydrogens (primary N) is 1. The van der Waals surface area contributed by atoms with E-state index in [1.165, 1.54) is 12.1 Å². The van der Waals surface area contributed by atoms with E-state index >= 15 is 0 Å². The minimum absolute atomic E-state index is 0.348. The summed E-state index contributed by atoms with van der Waals surface area (Å²) in [6.45, 7) is 1.60. The average Bonchev–Trinajstić information content (AvgIpc) is 2.55. The van der Waals surface area contributed by atoms with Crippen molar-refractivity contribution in [2.24, 2.45) is 5.73 Å². The summed E-state index contributed by atoms with van der Waals surface area (Å²) in [6, 6.07) is 14.8. The van der Waals surface area contributed by atoms with Crippen LogP contribution in [0.3, 0.4) is 0 Å². The maximum Gasteiger partial charge on any atom is 0.265 e. The maximum atomic E-state index is 12.1. The maximum absolute atomic E-state index is 12.1. The number of amides is 2. The molecule has 2 amide bonds. The number of anilines is 1. The van der Waals surface area contributed by atoms with E-state index in [1.807, 2.05) is 6.07 Å². The first-order valence-corrected chi connectivity index (χ1v) is 6.87. The van der Waals surface area contributed by atoms with Crippen molar-refractivity contribution in [3.63, 3.8) is 0 Å². The summed E-state index contributed by atoms with van der Waals surface area (Å²) in [7, 11) is 0. The quantitative estimate of drug-likeness (QED) is 0.881. The van der Waals surface area contributed by atoms with Gasteiger partial charge in [0.15, 0.2) is 6.10 Å². The van der Waals surface area contributed by atoms with Crippen LogP contribution in [0.15, 0.2) is 48.5 Å². The van der Waals surface area contributed by atoms with Gasteiger partial charge in [-0.2, -0.15) is 5.26 Å². The van der Waals surface area contributed by atoms with Gasteiger partial charge in [-0.25, -0.2) is 0 Å². The van der Waals surface area contributed by atoms with Crippen molar-refractivity contribution >= 4 is 17.5 Å². The molecule has 23 heavy (non-hydrogen) atoms. The molecule has 1 atom stereocenters. The predicted octanol–water partition coefficient (Wildman–Crippen LogP) is 2.06. The fourth-order valence-corrected chi connectivity index (χ4v) is 1.87. The Morgan fingerprint density at radius 1 is 1.22 bits per heavy atom. The van der Waals surface area contributed by atoms with Gasteiger partial charge in [-0.15, -0.1) is 0 Å². The second kappa shape index (κ2) is 7.09. The summed E-state index contributed by atoms with van der Waals surface area (Å²) in [6.07, 6.45) is -0.750. The molecular formula is C17H15N3O3. The third-order valence-corrected chi connectivity index (χ3v) is 3.08. The van der Waals surface area contributed by atoms with Crippen LogP contribution in [0.2, 0.25) is 0 Å². The Labute approximate surface area is 133 Å². The Morgan fingerprint density at radius 2 is 1.91 bits per heavy atom. The van der Waals surface area contributed by atoms with Crippen molar-refractivity contribution in [2.45, 2.75) is 13.0 Å². The minimum Gasteiger partial charge on any atom is -0.481 e. The number of hydrogen-bond donors (Lipinski definition) is 2. The molecule has 0 aliphatic rings. The Kier molecular flexibility index (Phi) is 4.95. The second-order valence-electron chi connectivity index (χ2n) is 4.83. The lowest BCUT2D eigenvalue weighted by Gasteiger charge is -2.15. The molecule has 0 radical (unpaired) electrons. The van der Waals surface area contributed by atoms with E-state index in [2.05, 4.69) is 5.32 Å². The minimum atomic E-state index is -0.750. The van der Waals surface area contributed by atoms with Gasteiger partial charge in [-0.1, -0.05) is 6.07 Å². The zero-order valence-corrected chi connectivity index (χ0v) is 12.4. The number of ether oxygens (including phenoxy) is 1. The highest BCUT2D eigenvalue weighted by atomic mass is 16.5. The van der Waals surface area contributed by atoms with Crippen LogP contribution in [0.5, 0.6) is 5.75 Å². The van der Waals surface area contributed by atoms with Gasteiger partial charge in [0.05, 0.1) is 11.6 Å². The Bertz CT molecular complexity index is 763. The van der Waals surface area contributed by atoms with E-state index in [9.17, 15) is 9.59 Å². The molecule has 0 aromatic heterocycles. The van der Waals surface area contributed by atoms with Crippen LogP contribution in [0.4, 0.5) is 5.69 Å². The predicted molar refractivity (Wildman–Crippen MR) is 84.8 cm³/mol. The molecule has 0 fully saturated rings. The van der Waals surface area contributed by atoms with Gasteiger partial charge < -0.3 is 15.8 Å². The SMILES string of the molecule is C[C@@H](Oc1ccc(C(N)=O)cc1)C(=O)Nc1cccc(C#N)c1. The van der Waals surface area contributed by atoms with Gasteiger partial charge in [0.1, 0.15) is 5.75 Å². The Balaban J connectivity index is 1.99. The van der Waals surface area contributed by atoms with Crippen LogP contribution in [0.25, 0.3) is 0 Å². The highest BCUT2D eigenvalue weighted by Gasteiger charge is 2.15. The highest BCUT2D eigenvalue weighted by Crippen LogP contribution is 2.15. The Hall–Kier alpha value is -3.33.